The van der Waals surface area contributed by atoms with Gasteiger partial charge in [0.15, 0.2) is 0 Å². The Morgan fingerprint density at radius 2 is 1.54 bits per heavy atom. The molecule has 0 bridgehead atoms. The van der Waals surface area contributed by atoms with Crippen molar-refractivity contribution in [2.75, 3.05) is 10.9 Å². The molecule has 0 aliphatic rings. The van der Waals surface area contributed by atoms with Crippen LogP contribution in [0.15, 0.2) is 42.5 Å². The fourth-order valence-corrected chi connectivity index (χ4v) is 4.71. The van der Waals surface area contributed by atoms with Gasteiger partial charge < -0.3 is 0 Å². The van der Waals surface area contributed by atoms with Gasteiger partial charge in [0.05, 0.1) is 11.2 Å². The van der Waals surface area contributed by atoms with Crippen molar-refractivity contribution in [1.29, 1.82) is 0 Å². The van der Waals surface area contributed by atoms with Gasteiger partial charge in [0, 0.05) is 15.6 Å². The molecular formula is C17H15Cl5FNO3S. The van der Waals surface area contributed by atoms with E-state index in [1.165, 1.54) is 50.2 Å². The first kappa shape index (κ1) is 23.8. The molecule has 0 unspecified atom stereocenters. The minimum absolute atomic E-state index is 0.0629. The van der Waals surface area contributed by atoms with E-state index in [1.54, 1.807) is 0 Å². The number of halogens is 6. The van der Waals surface area contributed by atoms with E-state index in [0.717, 1.165) is 10.4 Å². The molecule has 0 saturated heterocycles. The van der Waals surface area contributed by atoms with Crippen molar-refractivity contribution in [3.05, 3.63) is 63.9 Å². The van der Waals surface area contributed by atoms with Crippen LogP contribution in [-0.4, -0.2) is 18.8 Å². The summed E-state index contributed by atoms with van der Waals surface area (Å²) in [5, 5.41) is 0.559. The Kier molecular flexibility index (Phi) is 7.41. The smallest absolute Gasteiger partial charge is 0.249 e. The van der Waals surface area contributed by atoms with Crippen LogP contribution in [0.5, 0.6) is 0 Å². The van der Waals surface area contributed by atoms with E-state index in [0.29, 0.717) is 5.02 Å². The van der Waals surface area contributed by atoms with E-state index in [4.69, 9.17) is 62.2 Å². The number of hydrogen-bond acceptors (Lipinski definition) is 3. The van der Waals surface area contributed by atoms with Crippen LogP contribution in [0, 0.1) is 5.82 Å². The second-order valence-corrected chi connectivity index (χ2v) is 11.1. The molecule has 0 N–H and O–H groups in total. The molecule has 0 aliphatic heterocycles. The summed E-state index contributed by atoms with van der Waals surface area (Å²) < 4.78 is 44.5. The second-order valence-electron chi connectivity index (χ2n) is 6.26. The SMILES string of the molecule is CC(C)(c1ccc(Cl)cc1F)N(c1ccc(Cl)cc1)S(=O)(=O)OCC(Cl)(Cl)Cl. The molecule has 11 heteroatoms. The Morgan fingerprint density at radius 3 is 2.04 bits per heavy atom. The van der Waals surface area contributed by atoms with Crippen LogP contribution in [0.25, 0.3) is 0 Å². The van der Waals surface area contributed by atoms with E-state index < -0.39 is 32.1 Å². The monoisotopic (exact) mass is 507 g/mol. The van der Waals surface area contributed by atoms with Crippen LogP contribution in [0.3, 0.4) is 0 Å². The maximum Gasteiger partial charge on any atom is 0.363 e. The first-order chi connectivity index (χ1) is 12.7. The third kappa shape index (κ3) is 5.79. The van der Waals surface area contributed by atoms with Crippen LogP contribution in [-0.2, 0) is 20.0 Å². The van der Waals surface area contributed by atoms with Crippen molar-refractivity contribution >= 4 is 74.0 Å². The molecule has 0 radical (unpaired) electrons. The van der Waals surface area contributed by atoms with Gasteiger partial charge in [-0.2, -0.15) is 8.42 Å². The fraction of sp³-hybridized carbons (Fsp3) is 0.294. The molecule has 0 amide bonds. The summed E-state index contributed by atoms with van der Waals surface area (Å²) in [7, 11) is -4.52. The highest BCUT2D eigenvalue weighted by atomic mass is 35.6. The Bertz CT molecular complexity index is 946. The first-order valence-corrected chi connectivity index (χ1v) is 11.0. The van der Waals surface area contributed by atoms with Gasteiger partial charge >= 0.3 is 10.3 Å². The van der Waals surface area contributed by atoms with Gasteiger partial charge in [-0.3, -0.25) is 0 Å². The first-order valence-electron chi connectivity index (χ1n) is 7.72. The third-order valence-corrected chi connectivity index (χ3v) is 6.10. The molecule has 2 aromatic carbocycles. The van der Waals surface area contributed by atoms with Crippen LogP contribution in [0.1, 0.15) is 19.4 Å². The van der Waals surface area contributed by atoms with Gasteiger partial charge in [0.1, 0.15) is 12.4 Å². The maximum atomic E-state index is 14.6. The molecule has 2 rings (SSSR count). The van der Waals surface area contributed by atoms with Gasteiger partial charge in [-0.25, -0.2) is 12.9 Å². The summed E-state index contributed by atoms with van der Waals surface area (Å²) in [5.74, 6) is -0.687. The number of hydrogen-bond donors (Lipinski definition) is 0. The summed E-state index contributed by atoms with van der Waals surface area (Å²) in [6, 6.07) is 9.82. The largest absolute Gasteiger partial charge is 0.363 e. The number of alkyl halides is 3. The molecule has 28 heavy (non-hydrogen) atoms. The van der Waals surface area contributed by atoms with Crippen LogP contribution < -0.4 is 4.31 Å². The quantitative estimate of drug-likeness (QED) is 0.417. The van der Waals surface area contributed by atoms with Gasteiger partial charge in [-0.15, -0.1) is 0 Å². The van der Waals surface area contributed by atoms with Crippen LogP contribution in [0.4, 0.5) is 10.1 Å². The summed E-state index contributed by atoms with van der Waals surface area (Å²) in [4.78, 5) is 0. The lowest BCUT2D eigenvalue weighted by Gasteiger charge is -2.39. The van der Waals surface area contributed by atoms with E-state index in [1.807, 2.05) is 0 Å². The molecule has 4 nitrogen and oxygen atoms in total. The van der Waals surface area contributed by atoms with Crippen LogP contribution >= 0.6 is 58.0 Å². The average Bonchev–Trinajstić information content (AvgIpc) is 2.54. The Labute approximate surface area is 188 Å². The van der Waals surface area contributed by atoms with Gasteiger partial charge in [0.25, 0.3) is 0 Å². The van der Waals surface area contributed by atoms with Crippen molar-refractivity contribution in [2.24, 2.45) is 0 Å². The van der Waals surface area contributed by atoms with E-state index in [2.05, 4.69) is 0 Å². The fourth-order valence-electron chi connectivity index (χ4n) is 2.60. The predicted molar refractivity (Wildman–Crippen MR) is 114 cm³/mol. The Hall–Kier alpha value is -0.470. The van der Waals surface area contributed by atoms with Crippen LogP contribution in [0.2, 0.25) is 10.0 Å². The Balaban J connectivity index is 2.61. The minimum atomic E-state index is -4.52. The third-order valence-electron chi connectivity index (χ3n) is 3.75. The number of benzene rings is 2. The zero-order valence-electron chi connectivity index (χ0n) is 14.6. The normalized spacial score (nSPS) is 12.9. The van der Waals surface area contributed by atoms with E-state index in [9.17, 15) is 12.8 Å². The predicted octanol–water partition coefficient (Wildman–Crippen LogP) is 6.51. The molecule has 0 heterocycles. The molecule has 0 aromatic heterocycles. The lowest BCUT2D eigenvalue weighted by atomic mass is 9.93. The Morgan fingerprint density at radius 1 is 1.00 bits per heavy atom. The van der Waals surface area contributed by atoms with Gasteiger partial charge in [-0.1, -0.05) is 64.1 Å². The summed E-state index contributed by atoms with van der Waals surface area (Å²) in [6.45, 7) is 2.28. The number of rotatable bonds is 6. The summed E-state index contributed by atoms with van der Waals surface area (Å²) in [5.41, 5.74) is -1.20. The molecule has 0 atom stereocenters. The van der Waals surface area contributed by atoms with Crippen molar-refractivity contribution in [3.63, 3.8) is 0 Å². The topological polar surface area (TPSA) is 46.6 Å². The van der Waals surface area contributed by atoms with Crippen molar-refractivity contribution in [2.45, 2.75) is 23.2 Å². The van der Waals surface area contributed by atoms with E-state index >= 15 is 0 Å². The highest BCUT2D eigenvalue weighted by molar-refractivity contribution is 7.88. The van der Waals surface area contributed by atoms with Gasteiger partial charge in [0.2, 0.25) is 3.79 Å². The molecule has 0 aliphatic carbocycles. The molecule has 0 saturated carbocycles. The van der Waals surface area contributed by atoms with Crippen molar-refractivity contribution in [1.82, 2.24) is 0 Å². The maximum absolute atomic E-state index is 14.6. The molecule has 154 valence electrons. The number of anilines is 1. The highest BCUT2D eigenvalue weighted by Gasteiger charge is 2.41. The summed E-state index contributed by atoms with van der Waals surface area (Å²) >= 11 is 28.6. The van der Waals surface area contributed by atoms with Gasteiger partial charge in [-0.05, 0) is 50.2 Å². The molecule has 2 aromatic rings. The standard InChI is InChI=1S/C17H15Cl5FNO3S/c1-16(2,14-8-5-12(19)9-15(14)23)24(13-6-3-11(18)4-7-13)28(25,26)27-10-17(20,21)22/h3-9H,10H2,1-2H3. The molecule has 0 fully saturated rings. The average molecular weight is 510 g/mol. The van der Waals surface area contributed by atoms with E-state index in [-0.39, 0.29) is 16.3 Å². The van der Waals surface area contributed by atoms with Crippen molar-refractivity contribution < 1.29 is 17.0 Å². The molecule has 0 spiro atoms. The second kappa shape index (κ2) is 8.72. The molecular weight excluding hydrogens is 495 g/mol. The summed E-state index contributed by atoms with van der Waals surface area (Å²) in [6.07, 6.45) is 0. The highest BCUT2D eigenvalue weighted by Crippen LogP contribution is 2.39. The number of nitrogens with zero attached hydrogens (tertiary/aromatic N) is 1. The van der Waals surface area contributed by atoms with Crippen molar-refractivity contribution in [3.8, 4) is 0 Å². The zero-order chi connectivity index (χ0) is 21.3. The lowest BCUT2D eigenvalue weighted by molar-refractivity contribution is 0.314. The minimum Gasteiger partial charge on any atom is -0.249 e. The zero-order valence-corrected chi connectivity index (χ0v) is 19.2. The lowest BCUT2D eigenvalue weighted by Crippen LogP contribution is -2.47.